The molecule has 0 radical (unpaired) electrons. The summed E-state index contributed by atoms with van der Waals surface area (Å²) in [6, 6.07) is 0.380. The van der Waals surface area contributed by atoms with Crippen molar-refractivity contribution in [3.8, 4) is 0 Å². The summed E-state index contributed by atoms with van der Waals surface area (Å²) in [5.41, 5.74) is 0. The van der Waals surface area contributed by atoms with Crippen LogP contribution in [-0.2, 0) is 4.74 Å². The van der Waals surface area contributed by atoms with Gasteiger partial charge in [0.2, 0.25) is 0 Å². The lowest BCUT2D eigenvalue weighted by Gasteiger charge is -2.15. The number of ether oxygens (including phenoxy) is 1. The highest BCUT2D eigenvalue weighted by atomic mass is 16.5. The Labute approximate surface area is 95.0 Å². The first-order valence-electron chi connectivity index (χ1n) is 6.11. The molecule has 5 nitrogen and oxygen atoms in total. The van der Waals surface area contributed by atoms with Crippen molar-refractivity contribution in [2.45, 2.75) is 37.6 Å². The lowest BCUT2D eigenvalue weighted by molar-refractivity contribution is 0.187. The molecule has 0 bridgehead atoms. The van der Waals surface area contributed by atoms with E-state index in [9.17, 15) is 0 Å². The molecule has 1 aliphatic carbocycles. The number of nitrogens with one attached hydrogen (secondary N) is 2. The Balaban J connectivity index is 1.73. The maximum absolute atomic E-state index is 5.51. The third-order valence-electron chi connectivity index (χ3n) is 3.36. The highest BCUT2D eigenvalue weighted by molar-refractivity contribution is 5.10. The lowest BCUT2D eigenvalue weighted by Crippen LogP contribution is -2.34. The van der Waals surface area contributed by atoms with Crippen molar-refractivity contribution >= 4 is 0 Å². The summed E-state index contributed by atoms with van der Waals surface area (Å²) in [7, 11) is 0. The standard InChI is InChI=1S/C11H18N4O/c1-2-12-9-6-16-5-8(9)11-13-10(14-15-11)7-3-4-7/h7-9,12H,2-6H2,1H3,(H,13,14,15). The number of hydrogen-bond donors (Lipinski definition) is 2. The molecule has 3 rings (SSSR count). The molecule has 1 aromatic rings. The predicted molar refractivity (Wildman–Crippen MR) is 59.4 cm³/mol. The minimum Gasteiger partial charge on any atom is -0.379 e. The van der Waals surface area contributed by atoms with Gasteiger partial charge in [0.15, 0.2) is 5.82 Å². The van der Waals surface area contributed by atoms with E-state index in [-0.39, 0.29) is 0 Å². The van der Waals surface area contributed by atoms with E-state index < -0.39 is 0 Å². The second kappa shape index (κ2) is 4.14. The van der Waals surface area contributed by atoms with Crippen molar-refractivity contribution in [3.05, 3.63) is 11.6 Å². The summed E-state index contributed by atoms with van der Waals surface area (Å²) in [5.74, 6) is 2.94. The maximum Gasteiger partial charge on any atom is 0.153 e. The smallest absolute Gasteiger partial charge is 0.153 e. The summed E-state index contributed by atoms with van der Waals surface area (Å²) in [6.07, 6.45) is 2.49. The predicted octanol–water partition coefficient (Wildman–Crippen LogP) is 0.774. The number of hydrogen-bond acceptors (Lipinski definition) is 4. The van der Waals surface area contributed by atoms with E-state index in [1.165, 1.54) is 12.8 Å². The summed E-state index contributed by atoms with van der Waals surface area (Å²) >= 11 is 0. The first-order chi connectivity index (χ1) is 7.88. The molecule has 1 saturated carbocycles. The summed E-state index contributed by atoms with van der Waals surface area (Å²) < 4.78 is 5.51. The van der Waals surface area contributed by atoms with Crippen LogP contribution in [0.2, 0.25) is 0 Å². The number of aromatic nitrogens is 3. The molecule has 2 fully saturated rings. The quantitative estimate of drug-likeness (QED) is 0.790. The average Bonchev–Trinajstić information content (AvgIpc) is 2.85. The SMILES string of the molecule is CCNC1COCC1c1nc(C2CC2)n[nH]1. The normalized spacial score (nSPS) is 29.8. The number of H-pyrrole nitrogens is 1. The highest BCUT2D eigenvalue weighted by Gasteiger charge is 2.34. The van der Waals surface area contributed by atoms with Gasteiger partial charge in [-0.1, -0.05) is 6.92 Å². The molecular weight excluding hydrogens is 204 g/mol. The first kappa shape index (κ1) is 10.2. The van der Waals surface area contributed by atoms with Gasteiger partial charge in [0.05, 0.1) is 19.1 Å². The fraction of sp³-hybridized carbons (Fsp3) is 0.818. The molecule has 1 aromatic heterocycles. The van der Waals surface area contributed by atoms with Crippen LogP contribution >= 0.6 is 0 Å². The van der Waals surface area contributed by atoms with Crippen molar-refractivity contribution in [3.63, 3.8) is 0 Å². The number of rotatable bonds is 4. The molecule has 2 unspecified atom stereocenters. The molecule has 88 valence electrons. The lowest BCUT2D eigenvalue weighted by atomic mass is 10.0. The fourth-order valence-electron chi connectivity index (χ4n) is 2.27. The zero-order valence-electron chi connectivity index (χ0n) is 9.57. The monoisotopic (exact) mass is 222 g/mol. The van der Waals surface area contributed by atoms with E-state index in [0.717, 1.165) is 31.4 Å². The minimum atomic E-state index is 0.333. The van der Waals surface area contributed by atoms with Gasteiger partial charge in [0, 0.05) is 12.0 Å². The van der Waals surface area contributed by atoms with Gasteiger partial charge in [-0.15, -0.1) is 0 Å². The van der Waals surface area contributed by atoms with E-state index >= 15 is 0 Å². The van der Waals surface area contributed by atoms with Crippen LogP contribution in [0, 0.1) is 0 Å². The average molecular weight is 222 g/mol. The molecule has 5 heteroatoms. The van der Waals surface area contributed by atoms with Crippen molar-refractivity contribution in [2.75, 3.05) is 19.8 Å². The van der Waals surface area contributed by atoms with Crippen LogP contribution in [0.3, 0.4) is 0 Å². The third kappa shape index (κ3) is 1.85. The van der Waals surface area contributed by atoms with Gasteiger partial charge in [0.1, 0.15) is 5.82 Å². The largest absolute Gasteiger partial charge is 0.379 e. The Morgan fingerprint density at radius 2 is 2.31 bits per heavy atom. The molecule has 2 aliphatic rings. The summed E-state index contributed by atoms with van der Waals surface area (Å²) in [6.45, 7) is 4.61. The maximum atomic E-state index is 5.51. The molecule has 0 amide bonds. The second-order valence-electron chi connectivity index (χ2n) is 4.66. The second-order valence-corrected chi connectivity index (χ2v) is 4.66. The molecule has 1 saturated heterocycles. The number of aromatic amines is 1. The van der Waals surface area contributed by atoms with Crippen LogP contribution in [0.1, 0.15) is 43.3 Å². The van der Waals surface area contributed by atoms with Crippen LogP contribution in [-0.4, -0.2) is 41.0 Å². The molecule has 0 spiro atoms. The van der Waals surface area contributed by atoms with E-state index in [4.69, 9.17) is 4.74 Å². The number of nitrogens with zero attached hydrogens (tertiary/aromatic N) is 2. The molecule has 0 aromatic carbocycles. The van der Waals surface area contributed by atoms with Crippen molar-refractivity contribution in [2.24, 2.45) is 0 Å². The third-order valence-corrected chi connectivity index (χ3v) is 3.36. The topological polar surface area (TPSA) is 62.8 Å². The van der Waals surface area contributed by atoms with Crippen LogP contribution in [0.4, 0.5) is 0 Å². The Morgan fingerprint density at radius 1 is 1.44 bits per heavy atom. The van der Waals surface area contributed by atoms with E-state index in [2.05, 4.69) is 27.4 Å². The molecule has 2 N–H and O–H groups in total. The Morgan fingerprint density at radius 3 is 3.06 bits per heavy atom. The van der Waals surface area contributed by atoms with Gasteiger partial charge in [0.25, 0.3) is 0 Å². The van der Waals surface area contributed by atoms with Crippen molar-refractivity contribution in [1.82, 2.24) is 20.5 Å². The summed E-state index contributed by atoms with van der Waals surface area (Å²) in [4.78, 5) is 4.60. The summed E-state index contributed by atoms with van der Waals surface area (Å²) in [5, 5.41) is 10.8. The van der Waals surface area contributed by atoms with Gasteiger partial charge < -0.3 is 10.1 Å². The van der Waals surface area contributed by atoms with Gasteiger partial charge in [-0.05, 0) is 19.4 Å². The van der Waals surface area contributed by atoms with Crippen LogP contribution in [0.5, 0.6) is 0 Å². The zero-order valence-corrected chi connectivity index (χ0v) is 9.57. The van der Waals surface area contributed by atoms with Crippen molar-refractivity contribution < 1.29 is 4.74 Å². The van der Waals surface area contributed by atoms with Gasteiger partial charge in [-0.3, -0.25) is 5.10 Å². The van der Waals surface area contributed by atoms with Crippen LogP contribution < -0.4 is 5.32 Å². The van der Waals surface area contributed by atoms with E-state index in [0.29, 0.717) is 17.9 Å². The van der Waals surface area contributed by atoms with Crippen LogP contribution in [0.15, 0.2) is 0 Å². The molecule has 1 aliphatic heterocycles. The molecule has 2 heterocycles. The number of likely N-dealkylation sites (N-methyl/N-ethyl adjacent to an activating group) is 1. The molecule has 16 heavy (non-hydrogen) atoms. The first-order valence-corrected chi connectivity index (χ1v) is 6.11. The molecular formula is C11H18N4O. The minimum absolute atomic E-state index is 0.333. The Hall–Kier alpha value is -0.940. The Bertz CT molecular complexity index is 361. The fourth-order valence-corrected chi connectivity index (χ4v) is 2.27. The molecule has 2 atom stereocenters. The van der Waals surface area contributed by atoms with E-state index in [1.807, 2.05) is 0 Å². The van der Waals surface area contributed by atoms with Crippen molar-refractivity contribution in [1.29, 1.82) is 0 Å². The van der Waals surface area contributed by atoms with Gasteiger partial charge >= 0.3 is 0 Å². The van der Waals surface area contributed by atoms with Gasteiger partial charge in [-0.25, -0.2) is 4.98 Å². The Kier molecular flexibility index (Phi) is 2.65. The van der Waals surface area contributed by atoms with Gasteiger partial charge in [-0.2, -0.15) is 5.10 Å². The van der Waals surface area contributed by atoms with E-state index in [1.54, 1.807) is 0 Å². The highest BCUT2D eigenvalue weighted by Crippen LogP contribution is 2.38. The zero-order chi connectivity index (χ0) is 11.0. The van der Waals surface area contributed by atoms with Crippen LogP contribution in [0.25, 0.3) is 0 Å².